The molecule has 1 N–H and O–H groups in total. The van der Waals surface area contributed by atoms with Gasteiger partial charge in [0.15, 0.2) is 0 Å². The number of ether oxygens (including phenoxy) is 1. The highest BCUT2D eigenvalue weighted by Crippen LogP contribution is 2.30. The van der Waals surface area contributed by atoms with Crippen molar-refractivity contribution in [3.63, 3.8) is 0 Å². The topological polar surface area (TPSA) is 51.2 Å². The first-order valence-electron chi connectivity index (χ1n) is 6.47. The fraction of sp³-hybridized carbons (Fsp3) is 0.429. The summed E-state index contributed by atoms with van der Waals surface area (Å²) in [4.78, 5) is 16.5. The van der Waals surface area contributed by atoms with Gasteiger partial charge in [-0.2, -0.15) is 11.8 Å². The highest BCUT2D eigenvalue weighted by molar-refractivity contribution is 7.99. The molecule has 0 aliphatic carbocycles. The largest absolute Gasteiger partial charge is 0.376 e. The lowest BCUT2D eigenvalue weighted by molar-refractivity contribution is 0.0137. The average molecular weight is 308 g/mol. The van der Waals surface area contributed by atoms with Gasteiger partial charge in [-0.3, -0.25) is 4.79 Å². The number of aromatic nitrogens is 1. The van der Waals surface area contributed by atoms with Gasteiger partial charge in [0.25, 0.3) is 5.91 Å². The fourth-order valence-corrected chi connectivity index (χ4v) is 4.41. The van der Waals surface area contributed by atoms with Crippen LogP contribution in [0.2, 0.25) is 0 Å². The lowest BCUT2D eigenvalue weighted by Crippen LogP contribution is -2.44. The molecule has 0 spiro atoms. The molecule has 2 aromatic rings. The quantitative estimate of drug-likeness (QED) is 0.943. The Morgan fingerprint density at radius 3 is 3.20 bits per heavy atom. The molecule has 0 radical (unpaired) electrons. The van der Waals surface area contributed by atoms with Crippen molar-refractivity contribution in [2.24, 2.45) is 0 Å². The summed E-state index contributed by atoms with van der Waals surface area (Å²) in [5.41, 5.74) is 3.21. The third-order valence-corrected chi connectivity index (χ3v) is 5.68. The summed E-state index contributed by atoms with van der Waals surface area (Å²) in [6.45, 7) is 0.566. The summed E-state index contributed by atoms with van der Waals surface area (Å²) in [5, 5.41) is 3.00. The minimum absolute atomic E-state index is 0.0476. The SMILES string of the molecule is CO[C@@]1(CNC(=O)c2ccc3ncsc3c2)CCSC1. The molecule has 3 rings (SSSR count). The van der Waals surface area contributed by atoms with E-state index in [-0.39, 0.29) is 11.5 Å². The van der Waals surface area contributed by atoms with Gasteiger partial charge in [0.1, 0.15) is 0 Å². The van der Waals surface area contributed by atoms with Gasteiger partial charge < -0.3 is 10.1 Å². The standard InChI is InChI=1S/C14H16N2O2S2/c1-18-14(4-5-19-8-14)7-15-13(17)10-2-3-11-12(6-10)20-9-16-11/h2-3,6,9H,4-5,7-8H2,1H3,(H,15,17)/t14-/m1/s1. The van der Waals surface area contributed by atoms with E-state index < -0.39 is 0 Å². The van der Waals surface area contributed by atoms with E-state index >= 15 is 0 Å². The number of thiazole rings is 1. The van der Waals surface area contributed by atoms with E-state index in [0.29, 0.717) is 12.1 Å². The number of nitrogens with one attached hydrogen (secondary N) is 1. The van der Waals surface area contributed by atoms with Gasteiger partial charge in [0.05, 0.1) is 21.3 Å². The van der Waals surface area contributed by atoms with Gasteiger partial charge >= 0.3 is 0 Å². The first kappa shape index (κ1) is 13.9. The summed E-state index contributed by atoms with van der Waals surface area (Å²) in [5.74, 6) is 1.99. The normalized spacial score (nSPS) is 22.2. The molecule has 1 fully saturated rings. The predicted octanol–water partition coefficient (Wildman–Crippen LogP) is 2.55. The van der Waals surface area contributed by atoms with Gasteiger partial charge in [0, 0.05) is 25.0 Å². The number of fused-ring (bicyclic) bond motifs is 1. The van der Waals surface area contributed by atoms with Crippen LogP contribution in [0.25, 0.3) is 10.2 Å². The Kier molecular flexibility index (Phi) is 3.96. The van der Waals surface area contributed by atoms with Gasteiger partial charge in [-0.25, -0.2) is 4.98 Å². The Morgan fingerprint density at radius 1 is 1.55 bits per heavy atom. The maximum Gasteiger partial charge on any atom is 0.251 e. The molecule has 1 amide bonds. The zero-order valence-corrected chi connectivity index (χ0v) is 12.9. The molecule has 20 heavy (non-hydrogen) atoms. The lowest BCUT2D eigenvalue weighted by Gasteiger charge is -2.26. The summed E-state index contributed by atoms with van der Waals surface area (Å²) >= 11 is 3.42. The van der Waals surface area contributed by atoms with Crippen LogP contribution in [0.5, 0.6) is 0 Å². The first-order chi connectivity index (χ1) is 9.72. The highest BCUT2D eigenvalue weighted by Gasteiger charge is 2.34. The number of amides is 1. The molecule has 4 nitrogen and oxygen atoms in total. The Bertz CT molecular complexity index is 620. The van der Waals surface area contributed by atoms with Crippen LogP contribution in [0.3, 0.4) is 0 Å². The summed E-state index contributed by atoms with van der Waals surface area (Å²) < 4.78 is 6.64. The van der Waals surface area contributed by atoms with E-state index in [9.17, 15) is 4.79 Å². The maximum absolute atomic E-state index is 12.2. The smallest absolute Gasteiger partial charge is 0.251 e. The molecule has 0 bridgehead atoms. The molecule has 0 unspecified atom stereocenters. The monoisotopic (exact) mass is 308 g/mol. The second-order valence-corrected chi connectivity index (χ2v) is 6.90. The van der Waals surface area contributed by atoms with Crippen molar-refractivity contribution in [2.45, 2.75) is 12.0 Å². The molecule has 106 valence electrons. The number of hydrogen-bond donors (Lipinski definition) is 1. The molecular weight excluding hydrogens is 292 g/mol. The summed E-state index contributed by atoms with van der Waals surface area (Å²) in [6, 6.07) is 5.60. The van der Waals surface area contributed by atoms with E-state index in [4.69, 9.17) is 4.74 Å². The van der Waals surface area contributed by atoms with Gasteiger partial charge in [0.2, 0.25) is 0 Å². The lowest BCUT2D eigenvalue weighted by atomic mass is 10.0. The Morgan fingerprint density at radius 2 is 2.45 bits per heavy atom. The van der Waals surface area contributed by atoms with Crippen LogP contribution in [-0.2, 0) is 4.74 Å². The summed E-state index contributed by atoms with van der Waals surface area (Å²) in [7, 11) is 1.72. The number of hydrogen-bond acceptors (Lipinski definition) is 5. The second kappa shape index (κ2) is 5.71. The average Bonchev–Trinajstić information content (AvgIpc) is 3.13. The molecule has 1 aromatic heterocycles. The number of carbonyl (C=O) groups excluding carboxylic acids is 1. The van der Waals surface area contributed by atoms with Crippen LogP contribution in [0.4, 0.5) is 0 Å². The van der Waals surface area contributed by atoms with E-state index in [1.165, 1.54) is 0 Å². The molecule has 1 aliphatic rings. The number of thioether (sulfide) groups is 1. The molecule has 2 heterocycles. The maximum atomic E-state index is 12.2. The van der Waals surface area contributed by atoms with Crippen molar-refractivity contribution in [1.82, 2.24) is 10.3 Å². The van der Waals surface area contributed by atoms with Gasteiger partial charge in [-0.15, -0.1) is 11.3 Å². The molecule has 1 aliphatic heterocycles. The first-order valence-corrected chi connectivity index (χ1v) is 8.50. The number of rotatable bonds is 4. The zero-order chi connectivity index (χ0) is 14.0. The van der Waals surface area contributed by atoms with Crippen molar-refractivity contribution >= 4 is 39.2 Å². The van der Waals surface area contributed by atoms with Gasteiger partial charge in [-0.05, 0) is 30.4 Å². The Balaban J connectivity index is 1.69. The third kappa shape index (κ3) is 2.68. The number of benzene rings is 1. The number of methoxy groups -OCH3 is 1. The molecular formula is C14H16N2O2S2. The number of carbonyl (C=O) groups is 1. The van der Waals surface area contributed by atoms with Crippen molar-refractivity contribution < 1.29 is 9.53 Å². The molecule has 1 saturated heterocycles. The number of nitrogens with zero attached hydrogens (tertiary/aromatic N) is 1. The molecule has 1 aromatic carbocycles. The van der Waals surface area contributed by atoms with Gasteiger partial charge in [-0.1, -0.05) is 0 Å². The Hall–Kier alpha value is -1.11. The predicted molar refractivity (Wildman–Crippen MR) is 83.6 cm³/mol. The van der Waals surface area contributed by atoms with Crippen LogP contribution in [-0.4, -0.2) is 41.7 Å². The van der Waals surface area contributed by atoms with Crippen LogP contribution in [0.15, 0.2) is 23.7 Å². The van der Waals surface area contributed by atoms with E-state index in [0.717, 1.165) is 28.1 Å². The zero-order valence-electron chi connectivity index (χ0n) is 11.2. The summed E-state index contributed by atoms with van der Waals surface area (Å²) in [6.07, 6.45) is 0.988. The van der Waals surface area contributed by atoms with Crippen molar-refractivity contribution in [2.75, 3.05) is 25.2 Å². The minimum atomic E-state index is -0.199. The highest BCUT2D eigenvalue weighted by atomic mass is 32.2. The van der Waals surface area contributed by atoms with Crippen molar-refractivity contribution in [3.8, 4) is 0 Å². The van der Waals surface area contributed by atoms with Crippen LogP contribution < -0.4 is 5.32 Å². The molecule has 0 saturated carbocycles. The van der Waals surface area contributed by atoms with Crippen LogP contribution >= 0.6 is 23.1 Å². The van der Waals surface area contributed by atoms with E-state index in [1.54, 1.807) is 24.0 Å². The van der Waals surface area contributed by atoms with Crippen LogP contribution in [0.1, 0.15) is 16.8 Å². The fourth-order valence-electron chi connectivity index (χ4n) is 2.30. The third-order valence-electron chi connectivity index (χ3n) is 3.66. The van der Waals surface area contributed by atoms with Crippen molar-refractivity contribution in [3.05, 3.63) is 29.3 Å². The van der Waals surface area contributed by atoms with E-state index in [2.05, 4.69) is 10.3 Å². The minimum Gasteiger partial charge on any atom is -0.376 e. The second-order valence-electron chi connectivity index (χ2n) is 4.91. The van der Waals surface area contributed by atoms with Crippen LogP contribution in [0, 0.1) is 0 Å². The molecule has 6 heteroatoms. The van der Waals surface area contributed by atoms with E-state index in [1.807, 2.05) is 30.0 Å². The van der Waals surface area contributed by atoms with Crippen molar-refractivity contribution in [1.29, 1.82) is 0 Å². The Labute approximate surface area is 125 Å². The molecule has 1 atom stereocenters.